The van der Waals surface area contributed by atoms with Crippen LogP contribution in [0.15, 0.2) is 22.7 Å². The Morgan fingerprint density at radius 1 is 1.62 bits per heavy atom. The minimum atomic E-state index is -0.611. The first-order valence-corrected chi connectivity index (χ1v) is 5.67. The van der Waals surface area contributed by atoms with Gasteiger partial charge in [-0.25, -0.2) is 0 Å². The summed E-state index contributed by atoms with van der Waals surface area (Å²) in [7, 11) is 1.46. The highest BCUT2D eigenvalue weighted by molar-refractivity contribution is 9.10. The SMILES string of the molecule is COC(CN)C(=O)Nc1ccc(C)c(Br)c1. The zero-order chi connectivity index (χ0) is 12.1. The number of nitrogens with one attached hydrogen (secondary N) is 1. The van der Waals surface area contributed by atoms with E-state index in [0.29, 0.717) is 0 Å². The number of halogens is 1. The Kier molecular flexibility index (Phi) is 4.92. The highest BCUT2D eigenvalue weighted by atomic mass is 79.9. The third-order valence-corrected chi connectivity index (χ3v) is 3.08. The molecule has 1 amide bonds. The number of hydrogen-bond donors (Lipinski definition) is 2. The number of rotatable bonds is 4. The molecule has 0 radical (unpaired) electrons. The second-order valence-electron chi connectivity index (χ2n) is 3.41. The quantitative estimate of drug-likeness (QED) is 0.885. The molecule has 1 rings (SSSR count). The van der Waals surface area contributed by atoms with Gasteiger partial charge >= 0.3 is 0 Å². The molecule has 1 atom stereocenters. The molecule has 0 spiro atoms. The average Bonchev–Trinajstić information content (AvgIpc) is 2.25. The van der Waals surface area contributed by atoms with E-state index in [4.69, 9.17) is 10.5 Å². The number of benzene rings is 1. The smallest absolute Gasteiger partial charge is 0.254 e. The Hall–Kier alpha value is -0.910. The number of aryl methyl sites for hydroxylation is 1. The second kappa shape index (κ2) is 5.98. The van der Waals surface area contributed by atoms with Gasteiger partial charge in [0.05, 0.1) is 0 Å². The highest BCUT2D eigenvalue weighted by Gasteiger charge is 2.15. The largest absolute Gasteiger partial charge is 0.370 e. The molecule has 16 heavy (non-hydrogen) atoms. The van der Waals surface area contributed by atoms with Crippen LogP contribution in [-0.4, -0.2) is 25.7 Å². The number of carbonyl (C=O) groups is 1. The van der Waals surface area contributed by atoms with Crippen LogP contribution in [0.5, 0.6) is 0 Å². The number of amides is 1. The Morgan fingerprint density at radius 3 is 2.81 bits per heavy atom. The molecule has 1 unspecified atom stereocenters. The van der Waals surface area contributed by atoms with Gasteiger partial charge in [0.25, 0.3) is 5.91 Å². The van der Waals surface area contributed by atoms with E-state index in [0.717, 1.165) is 15.7 Å². The molecule has 0 saturated carbocycles. The summed E-state index contributed by atoms with van der Waals surface area (Å²) in [5, 5.41) is 2.74. The minimum Gasteiger partial charge on any atom is -0.370 e. The van der Waals surface area contributed by atoms with Gasteiger partial charge in [0.15, 0.2) is 0 Å². The lowest BCUT2D eigenvalue weighted by Gasteiger charge is -2.13. The molecule has 4 nitrogen and oxygen atoms in total. The fourth-order valence-corrected chi connectivity index (χ4v) is 1.58. The van der Waals surface area contributed by atoms with Gasteiger partial charge in [0.1, 0.15) is 6.10 Å². The lowest BCUT2D eigenvalue weighted by atomic mass is 10.2. The van der Waals surface area contributed by atoms with Gasteiger partial charge in [-0.1, -0.05) is 22.0 Å². The summed E-state index contributed by atoms with van der Waals surface area (Å²) in [6.45, 7) is 2.14. The summed E-state index contributed by atoms with van der Waals surface area (Å²) in [4.78, 5) is 11.6. The predicted molar refractivity (Wildman–Crippen MR) is 67.4 cm³/mol. The van der Waals surface area contributed by atoms with E-state index in [1.54, 1.807) is 0 Å². The molecule has 0 fully saturated rings. The number of anilines is 1. The van der Waals surface area contributed by atoms with Crippen molar-refractivity contribution in [1.82, 2.24) is 0 Å². The standard InChI is InChI=1S/C11H15BrN2O2/c1-7-3-4-8(5-9(7)12)14-11(15)10(6-13)16-2/h3-5,10H,6,13H2,1-2H3,(H,14,15). The maximum atomic E-state index is 11.6. The molecule has 1 aromatic carbocycles. The fraction of sp³-hybridized carbons (Fsp3) is 0.364. The molecule has 0 saturated heterocycles. The zero-order valence-corrected chi connectivity index (χ0v) is 10.9. The van der Waals surface area contributed by atoms with Crippen molar-refractivity contribution >= 4 is 27.5 Å². The van der Waals surface area contributed by atoms with Crippen molar-refractivity contribution in [2.45, 2.75) is 13.0 Å². The highest BCUT2D eigenvalue weighted by Crippen LogP contribution is 2.20. The topological polar surface area (TPSA) is 64.3 Å². The Bertz CT molecular complexity index is 378. The molecule has 5 heteroatoms. The van der Waals surface area contributed by atoms with Crippen molar-refractivity contribution in [3.05, 3.63) is 28.2 Å². The van der Waals surface area contributed by atoms with Crippen LogP contribution >= 0.6 is 15.9 Å². The van der Waals surface area contributed by atoms with Gasteiger partial charge in [-0.15, -0.1) is 0 Å². The van der Waals surface area contributed by atoms with Gasteiger partial charge in [0.2, 0.25) is 0 Å². The maximum Gasteiger partial charge on any atom is 0.254 e. The van der Waals surface area contributed by atoms with E-state index in [9.17, 15) is 4.79 Å². The number of ether oxygens (including phenoxy) is 1. The lowest BCUT2D eigenvalue weighted by Crippen LogP contribution is -2.35. The Morgan fingerprint density at radius 2 is 2.31 bits per heavy atom. The van der Waals surface area contributed by atoms with Gasteiger partial charge in [-0.05, 0) is 24.6 Å². The number of carbonyl (C=O) groups excluding carboxylic acids is 1. The summed E-state index contributed by atoms with van der Waals surface area (Å²) in [5.41, 5.74) is 7.23. The van der Waals surface area contributed by atoms with Crippen LogP contribution in [0.3, 0.4) is 0 Å². The Balaban J connectivity index is 2.73. The molecule has 0 aromatic heterocycles. The third kappa shape index (κ3) is 3.30. The summed E-state index contributed by atoms with van der Waals surface area (Å²) in [6.07, 6.45) is -0.611. The van der Waals surface area contributed by atoms with Gasteiger partial charge in [0, 0.05) is 23.8 Å². The van der Waals surface area contributed by atoms with E-state index in [1.807, 2.05) is 25.1 Å². The van der Waals surface area contributed by atoms with Gasteiger partial charge < -0.3 is 15.8 Å². The van der Waals surface area contributed by atoms with Crippen LogP contribution in [0.4, 0.5) is 5.69 Å². The van der Waals surface area contributed by atoms with Gasteiger partial charge in [-0.2, -0.15) is 0 Å². The van der Waals surface area contributed by atoms with E-state index in [2.05, 4.69) is 21.2 Å². The van der Waals surface area contributed by atoms with E-state index < -0.39 is 6.10 Å². The van der Waals surface area contributed by atoms with Crippen LogP contribution in [0.25, 0.3) is 0 Å². The summed E-state index contributed by atoms with van der Waals surface area (Å²) in [5.74, 6) is -0.235. The van der Waals surface area contributed by atoms with Crippen LogP contribution < -0.4 is 11.1 Å². The Labute approximate surface area is 103 Å². The van der Waals surface area contributed by atoms with Crippen molar-refractivity contribution in [2.75, 3.05) is 19.0 Å². The molecule has 1 aromatic rings. The summed E-state index contributed by atoms with van der Waals surface area (Å²) < 4.78 is 5.89. The first-order chi connectivity index (χ1) is 7.58. The first-order valence-electron chi connectivity index (χ1n) is 4.88. The van der Waals surface area contributed by atoms with Crippen LogP contribution in [0, 0.1) is 6.92 Å². The molecule has 0 aliphatic heterocycles. The summed E-state index contributed by atoms with van der Waals surface area (Å²) >= 11 is 3.40. The molecule has 0 heterocycles. The van der Waals surface area contributed by atoms with Crippen molar-refractivity contribution in [3.63, 3.8) is 0 Å². The van der Waals surface area contributed by atoms with Crippen molar-refractivity contribution in [2.24, 2.45) is 5.73 Å². The van der Waals surface area contributed by atoms with Crippen molar-refractivity contribution in [1.29, 1.82) is 0 Å². The number of nitrogens with two attached hydrogens (primary N) is 1. The first kappa shape index (κ1) is 13.2. The lowest BCUT2D eigenvalue weighted by molar-refractivity contribution is -0.125. The average molecular weight is 287 g/mol. The predicted octanol–water partition coefficient (Wildman–Crippen LogP) is 1.67. The number of methoxy groups -OCH3 is 1. The molecule has 88 valence electrons. The van der Waals surface area contributed by atoms with E-state index >= 15 is 0 Å². The van der Waals surface area contributed by atoms with Crippen LogP contribution in [0.2, 0.25) is 0 Å². The third-order valence-electron chi connectivity index (χ3n) is 2.23. The molecular weight excluding hydrogens is 272 g/mol. The van der Waals surface area contributed by atoms with Crippen LogP contribution in [0.1, 0.15) is 5.56 Å². The second-order valence-corrected chi connectivity index (χ2v) is 4.27. The minimum absolute atomic E-state index is 0.162. The van der Waals surface area contributed by atoms with Crippen molar-refractivity contribution < 1.29 is 9.53 Å². The van der Waals surface area contributed by atoms with E-state index in [-0.39, 0.29) is 12.5 Å². The molecule has 3 N–H and O–H groups in total. The summed E-state index contributed by atoms with van der Waals surface area (Å²) in [6, 6.07) is 5.60. The number of hydrogen-bond acceptors (Lipinski definition) is 3. The molecule has 0 bridgehead atoms. The van der Waals surface area contributed by atoms with Crippen LogP contribution in [-0.2, 0) is 9.53 Å². The molecular formula is C11H15BrN2O2. The monoisotopic (exact) mass is 286 g/mol. The van der Waals surface area contributed by atoms with Crippen molar-refractivity contribution in [3.8, 4) is 0 Å². The molecule has 0 aliphatic rings. The maximum absolute atomic E-state index is 11.6. The van der Waals surface area contributed by atoms with E-state index in [1.165, 1.54) is 7.11 Å². The molecule has 0 aliphatic carbocycles. The normalized spacial score (nSPS) is 12.2. The van der Waals surface area contributed by atoms with Gasteiger partial charge in [-0.3, -0.25) is 4.79 Å². The zero-order valence-electron chi connectivity index (χ0n) is 9.29. The fourth-order valence-electron chi connectivity index (χ4n) is 1.20.